The van der Waals surface area contributed by atoms with Crippen molar-refractivity contribution in [3.63, 3.8) is 0 Å². The number of nitrogens with zero attached hydrogens (tertiary/aromatic N) is 2. The van der Waals surface area contributed by atoms with Crippen LogP contribution in [0, 0.1) is 0 Å². The third-order valence-corrected chi connectivity index (χ3v) is 5.75. The van der Waals surface area contributed by atoms with Crippen LogP contribution in [0.3, 0.4) is 0 Å². The van der Waals surface area contributed by atoms with Gasteiger partial charge in [0.2, 0.25) is 0 Å². The average molecular weight is 415 g/mol. The van der Waals surface area contributed by atoms with Gasteiger partial charge < -0.3 is 24.5 Å². The molecule has 3 rings (SSSR count). The van der Waals surface area contributed by atoms with Gasteiger partial charge in [0.25, 0.3) is 0 Å². The summed E-state index contributed by atoms with van der Waals surface area (Å²) in [7, 11) is -0.359. The van der Waals surface area contributed by atoms with Gasteiger partial charge in [-0.25, -0.2) is 9.78 Å². The molecule has 0 saturated carbocycles. The molecule has 0 aliphatic heterocycles. The van der Waals surface area contributed by atoms with Crippen LogP contribution in [0.4, 0.5) is 4.79 Å². The Hall–Kier alpha value is -2.69. The molecule has 0 radical (unpaired) electrons. The lowest BCUT2D eigenvalue weighted by Gasteiger charge is -2.17. The number of furan rings is 1. The van der Waals surface area contributed by atoms with Gasteiger partial charge in [0.05, 0.1) is 17.9 Å². The Bertz CT molecular complexity index is 1020. The van der Waals surface area contributed by atoms with Gasteiger partial charge in [-0.15, -0.1) is 0 Å². The maximum absolute atomic E-state index is 12.2. The van der Waals surface area contributed by atoms with E-state index in [-0.39, 0.29) is 23.7 Å². The average Bonchev–Trinajstić information content (AvgIpc) is 3.14. The van der Waals surface area contributed by atoms with Gasteiger partial charge in [0.1, 0.15) is 17.2 Å². The third kappa shape index (κ3) is 5.44. The number of nitrogens with one attached hydrogen (secondary N) is 1. The molecule has 2 heterocycles. The maximum Gasteiger partial charge on any atom is 0.475 e. The van der Waals surface area contributed by atoms with E-state index in [0.717, 1.165) is 16.0 Å². The molecule has 2 atom stereocenters. The number of ether oxygens (including phenoxy) is 1. The fraction of sp³-hybridized carbons (Fsp3) is 0.263. The highest BCUT2D eigenvalue weighted by molar-refractivity contribution is 7.86. The van der Waals surface area contributed by atoms with Gasteiger partial charge in [0, 0.05) is 12.4 Å². The molecular weight excluding hydrogens is 393 g/mol. The lowest BCUT2D eigenvalue weighted by atomic mass is 9.76. The van der Waals surface area contributed by atoms with Crippen LogP contribution in [0.25, 0.3) is 11.0 Å². The molecule has 1 aromatic carbocycles. The number of carbonyl (C=O) groups excluding carboxylic acids is 1. The molecule has 8 nitrogen and oxygen atoms in total. The third-order valence-electron chi connectivity index (χ3n) is 4.37. The van der Waals surface area contributed by atoms with E-state index < -0.39 is 19.2 Å². The predicted octanol–water partition coefficient (Wildman–Crippen LogP) is 2.10. The normalized spacial score (nSPS) is 13.2. The Balaban J connectivity index is 1.61. The van der Waals surface area contributed by atoms with Crippen molar-refractivity contribution >= 4 is 34.9 Å². The number of benzene rings is 1. The molecule has 3 aromatic rings. The minimum Gasteiger partial charge on any atom is -0.464 e. The molecule has 10 heteroatoms. The van der Waals surface area contributed by atoms with Crippen LogP contribution < -0.4 is 5.32 Å². The molecular formula is C19H22BN3O5S. The van der Waals surface area contributed by atoms with Crippen LogP contribution in [0.2, 0.25) is 0 Å². The smallest absolute Gasteiger partial charge is 0.464 e. The van der Waals surface area contributed by atoms with Crippen LogP contribution in [0.1, 0.15) is 11.3 Å². The van der Waals surface area contributed by atoms with E-state index in [4.69, 9.17) is 9.15 Å². The quantitative estimate of drug-likeness (QED) is 0.509. The Morgan fingerprint density at radius 3 is 2.86 bits per heavy atom. The Labute approximate surface area is 171 Å². The number of alkyl carbamates (subject to hydrolysis) is 1. The molecule has 0 aliphatic rings. The van der Waals surface area contributed by atoms with E-state index in [1.807, 2.05) is 42.7 Å². The maximum atomic E-state index is 12.2. The van der Waals surface area contributed by atoms with Crippen LogP contribution in [-0.4, -0.2) is 47.5 Å². The fourth-order valence-electron chi connectivity index (χ4n) is 2.79. The van der Waals surface area contributed by atoms with E-state index >= 15 is 0 Å². The van der Waals surface area contributed by atoms with Crippen molar-refractivity contribution < 1.29 is 24.0 Å². The largest absolute Gasteiger partial charge is 0.475 e. The van der Waals surface area contributed by atoms with Gasteiger partial charge >= 0.3 is 13.2 Å². The summed E-state index contributed by atoms with van der Waals surface area (Å²) in [5, 5.41) is 23.5. The van der Waals surface area contributed by atoms with E-state index in [1.54, 1.807) is 19.4 Å². The molecule has 2 unspecified atom stereocenters. The molecule has 3 N–H and O–H groups in total. The monoisotopic (exact) mass is 415 g/mol. The van der Waals surface area contributed by atoms with Crippen molar-refractivity contribution in [2.75, 3.05) is 13.3 Å². The first-order valence-corrected chi connectivity index (χ1v) is 10.5. The van der Waals surface area contributed by atoms with Gasteiger partial charge in [-0.05, 0) is 36.4 Å². The minimum atomic E-state index is -1.76. The number of para-hydroxylation sites is 1. The van der Waals surface area contributed by atoms with E-state index in [9.17, 15) is 14.8 Å². The Kier molecular flexibility index (Phi) is 7.02. The second kappa shape index (κ2) is 9.68. The topological polar surface area (TPSA) is 117 Å². The number of hydrogen-bond acceptors (Lipinski definition) is 7. The summed E-state index contributed by atoms with van der Waals surface area (Å²) in [6, 6.07) is 12.9. The van der Waals surface area contributed by atoms with Gasteiger partial charge in [-0.3, -0.25) is 4.36 Å². The van der Waals surface area contributed by atoms with Crippen molar-refractivity contribution in [3.8, 4) is 0 Å². The number of hydrogen-bond donors (Lipinski definition) is 3. The molecule has 0 saturated heterocycles. The van der Waals surface area contributed by atoms with Crippen molar-refractivity contribution in [2.24, 2.45) is 4.36 Å². The molecule has 0 aliphatic carbocycles. The van der Waals surface area contributed by atoms with E-state index in [0.29, 0.717) is 11.3 Å². The number of fused-ring (bicyclic) bond motifs is 1. The minimum absolute atomic E-state index is 0.0382. The van der Waals surface area contributed by atoms with Gasteiger partial charge in [-0.1, -0.05) is 35.0 Å². The SMILES string of the molecule is C/N=S(\C)c1cccc(COC(=O)NC(Cc2coc3ccccc23)B(O)O)n1. The van der Waals surface area contributed by atoms with Crippen molar-refractivity contribution in [1.82, 2.24) is 10.3 Å². The first kappa shape index (κ1) is 21.0. The first-order valence-electron chi connectivity index (χ1n) is 8.94. The molecule has 0 bridgehead atoms. The molecule has 29 heavy (non-hydrogen) atoms. The van der Waals surface area contributed by atoms with Gasteiger partial charge in [-0.2, -0.15) is 0 Å². The summed E-state index contributed by atoms with van der Waals surface area (Å²) >= 11 is 0. The predicted molar refractivity (Wildman–Crippen MR) is 111 cm³/mol. The van der Waals surface area contributed by atoms with Crippen molar-refractivity contribution in [1.29, 1.82) is 0 Å². The molecule has 0 fully saturated rings. The fourth-order valence-corrected chi connectivity index (χ4v) is 3.50. The zero-order valence-electron chi connectivity index (χ0n) is 16.1. The Morgan fingerprint density at radius 2 is 2.10 bits per heavy atom. The van der Waals surface area contributed by atoms with E-state index in [2.05, 4.69) is 14.7 Å². The highest BCUT2D eigenvalue weighted by Crippen LogP contribution is 2.22. The summed E-state index contributed by atoms with van der Waals surface area (Å²) in [6.07, 6.45) is 2.91. The second-order valence-corrected chi connectivity index (χ2v) is 8.07. The lowest BCUT2D eigenvalue weighted by Crippen LogP contribution is -2.48. The van der Waals surface area contributed by atoms with Crippen LogP contribution in [0.15, 0.2) is 62.5 Å². The lowest BCUT2D eigenvalue weighted by molar-refractivity contribution is 0.135. The molecule has 2 aromatic heterocycles. The van der Waals surface area contributed by atoms with Crippen LogP contribution in [-0.2, 0) is 28.5 Å². The van der Waals surface area contributed by atoms with E-state index in [1.165, 1.54) is 0 Å². The van der Waals surface area contributed by atoms with Gasteiger partial charge in [0.15, 0.2) is 0 Å². The number of rotatable bonds is 7. The summed E-state index contributed by atoms with van der Waals surface area (Å²) in [6.45, 7) is -0.0382. The summed E-state index contributed by atoms with van der Waals surface area (Å²) in [5.74, 6) is -0.955. The van der Waals surface area contributed by atoms with Crippen molar-refractivity contribution in [3.05, 3.63) is 60.0 Å². The highest BCUT2D eigenvalue weighted by atomic mass is 32.2. The summed E-state index contributed by atoms with van der Waals surface area (Å²) < 4.78 is 14.8. The number of carbonyl (C=O) groups is 1. The molecule has 1 amide bonds. The van der Waals surface area contributed by atoms with Crippen molar-refractivity contribution in [2.45, 2.75) is 24.0 Å². The number of aromatic nitrogens is 1. The molecule has 0 spiro atoms. The Morgan fingerprint density at radius 1 is 1.31 bits per heavy atom. The standard InChI is InChI=1S/C19H22BN3O5S/c1-21-29(2)18-9-5-6-14(22-18)12-28-19(24)23-17(20(25)26)10-13-11-27-16-8-4-3-7-15(13)16/h3-9,11,17,25-26H,10,12H2,1-2H3,(H,23,24). The van der Waals surface area contributed by atoms with Crippen LogP contribution >= 0.6 is 0 Å². The number of amides is 1. The first-order chi connectivity index (χ1) is 14.0. The zero-order valence-corrected chi connectivity index (χ0v) is 16.9. The zero-order chi connectivity index (χ0) is 20.8. The summed E-state index contributed by atoms with van der Waals surface area (Å²) in [4.78, 5) is 16.6. The van der Waals surface area contributed by atoms with Crippen LogP contribution in [0.5, 0.6) is 0 Å². The number of pyridine rings is 1. The molecule has 152 valence electrons. The highest BCUT2D eigenvalue weighted by Gasteiger charge is 2.27. The second-order valence-electron chi connectivity index (χ2n) is 6.33. The summed E-state index contributed by atoms with van der Waals surface area (Å²) in [5.41, 5.74) is 2.03.